The van der Waals surface area contributed by atoms with Gasteiger partial charge in [-0.05, 0) is 68.1 Å². The van der Waals surface area contributed by atoms with Crippen molar-refractivity contribution in [3.05, 3.63) is 65.7 Å². The average Bonchev–Trinajstić information content (AvgIpc) is 2.83. The number of nitrogens with zero attached hydrogens (tertiary/aromatic N) is 2. The predicted octanol–water partition coefficient (Wildman–Crippen LogP) is 3.68. The van der Waals surface area contributed by atoms with Crippen molar-refractivity contribution in [3.63, 3.8) is 0 Å². The van der Waals surface area contributed by atoms with Crippen LogP contribution in [0.4, 0.5) is 13.6 Å². The van der Waals surface area contributed by atoms with Gasteiger partial charge in [0.25, 0.3) is 0 Å². The second-order valence-electron chi connectivity index (χ2n) is 8.77. The molecule has 7 nitrogen and oxygen atoms in total. The van der Waals surface area contributed by atoms with Crippen LogP contribution in [-0.4, -0.2) is 62.0 Å². The number of nitrogens with one attached hydrogen (secondary N) is 1. The molecule has 1 N–H and O–H groups in total. The predicted molar refractivity (Wildman–Crippen MR) is 123 cm³/mol. The molecule has 2 saturated heterocycles. The summed E-state index contributed by atoms with van der Waals surface area (Å²) in [6.45, 7) is 3.62. The molecule has 2 aromatic carbocycles. The molecule has 0 aromatic heterocycles. The summed E-state index contributed by atoms with van der Waals surface area (Å²) in [6, 6.07) is 9.17. The molecule has 2 aromatic rings. The standard InChI is InChI=1S/C24H29F2N3O4S/c1-17-15-27-12-13-28(17)24(30)33-16-21-6-3-7-23(18-4-2-5-20(26)14-18)29(21)34(31,32)22-10-8-19(25)9-11-22/h2,4-5,8-11,14,17,21,23,27H,3,6-7,12-13,15-16H2,1H3/t17-,21-,23+/m1/s1. The number of ether oxygens (including phenoxy) is 1. The van der Waals surface area contributed by atoms with Crippen molar-refractivity contribution >= 4 is 16.1 Å². The molecule has 0 spiro atoms. The van der Waals surface area contributed by atoms with Crippen LogP contribution < -0.4 is 5.32 Å². The van der Waals surface area contributed by atoms with Gasteiger partial charge in [0.15, 0.2) is 0 Å². The summed E-state index contributed by atoms with van der Waals surface area (Å²) in [6.07, 6.45) is 1.17. The lowest BCUT2D eigenvalue weighted by Gasteiger charge is -2.41. The number of amides is 1. The maximum absolute atomic E-state index is 14.0. The third-order valence-electron chi connectivity index (χ3n) is 6.44. The van der Waals surface area contributed by atoms with Crippen LogP contribution in [0.15, 0.2) is 53.4 Å². The number of hydrogen-bond acceptors (Lipinski definition) is 5. The van der Waals surface area contributed by atoms with Crippen molar-refractivity contribution in [2.75, 3.05) is 26.2 Å². The second-order valence-corrected chi connectivity index (χ2v) is 10.6. The highest BCUT2D eigenvalue weighted by molar-refractivity contribution is 7.89. The normalized spacial score (nSPS) is 24.1. The lowest BCUT2D eigenvalue weighted by molar-refractivity contribution is 0.0500. The van der Waals surface area contributed by atoms with E-state index >= 15 is 0 Å². The van der Waals surface area contributed by atoms with Crippen molar-refractivity contribution in [2.45, 2.75) is 49.2 Å². The molecule has 184 valence electrons. The lowest BCUT2D eigenvalue weighted by Crippen LogP contribution is -2.53. The zero-order valence-corrected chi connectivity index (χ0v) is 19.8. The Bertz CT molecular complexity index is 1110. The van der Waals surface area contributed by atoms with Crippen molar-refractivity contribution in [3.8, 4) is 0 Å². The van der Waals surface area contributed by atoms with E-state index in [1.165, 1.54) is 28.6 Å². The van der Waals surface area contributed by atoms with Gasteiger partial charge in [-0.3, -0.25) is 0 Å². The van der Waals surface area contributed by atoms with Crippen LogP contribution in [0.1, 0.15) is 37.8 Å². The fraction of sp³-hybridized carbons (Fsp3) is 0.458. The topological polar surface area (TPSA) is 79.0 Å². The summed E-state index contributed by atoms with van der Waals surface area (Å²) >= 11 is 0. The van der Waals surface area contributed by atoms with Gasteiger partial charge in [-0.15, -0.1) is 0 Å². The van der Waals surface area contributed by atoms with E-state index in [-0.39, 0.29) is 17.5 Å². The molecule has 1 amide bonds. The minimum Gasteiger partial charge on any atom is -0.448 e. The van der Waals surface area contributed by atoms with E-state index < -0.39 is 39.8 Å². The van der Waals surface area contributed by atoms with E-state index in [0.717, 1.165) is 12.1 Å². The summed E-state index contributed by atoms with van der Waals surface area (Å²) in [5.41, 5.74) is 0.525. The fourth-order valence-electron chi connectivity index (χ4n) is 4.69. The lowest BCUT2D eigenvalue weighted by atomic mass is 9.93. The monoisotopic (exact) mass is 493 g/mol. The molecule has 2 heterocycles. The summed E-state index contributed by atoms with van der Waals surface area (Å²) in [4.78, 5) is 14.3. The fourth-order valence-corrected chi connectivity index (χ4v) is 6.54. The number of piperazine rings is 1. The van der Waals surface area contributed by atoms with Crippen LogP contribution in [0.2, 0.25) is 0 Å². The maximum atomic E-state index is 14.0. The molecule has 0 bridgehead atoms. The molecule has 0 saturated carbocycles. The third kappa shape index (κ3) is 5.24. The average molecular weight is 494 g/mol. The Morgan fingerprint density at radius 2 is 1.88 bits per heavy atom. The molecule has 2 fully saturated rings. The van der Waals surface area contributed by atoms with Crippen molar-refractivity contribution in [1.82, 2.24) is 14.5 Å². The zero-order chi connectivity index (χ0) is 24.3. The second kappa shape index (κ2) is 10.4. The Morgan fingerprint density at radius 1 is 1.12 bits per heavy atom. The number of piperidine rings is 1. The quantitative estimate of drug-likeness (QED) is 0.688. The molecule has 3 atom stereocenters. The summed E-state index contributed by atoms with van der Waals surface area (Å²) in [7, 11) is -4.09. The van der Waals surface area contributed by atoms with Gasteiger partial charge in [-0.1, -0.05) is 12.1 Å². The van der Waals surface area contributed by atoms with Crippen LogP contribution in [-0.2, 0) is 14.8 Å². The first-order valence-corrected chi connectivity index (χ1v) is 12.9. The SMILES string of the molecule is C[C@@H]1CNCCN1C(=O)OC[C@H]1CCC[C@@H](c2cccc(F)c2)N1S(=O)(=O)c1ccc(F)cc1. The Balaban J connectivity index is 1.63. The molecule has 0 unspecified atom stereocenters. The molecular weight excluding hydrogens is 464 g/mol. The largest absolute Gasteiger partial charge is 0.448 e. The number of carbonyl (C=O) groups excluding carboxylic acids is 1. The van der Waals surface area contributed by atoms with Crippen LogP contribution in [0.25, 0.3) is 0 Å². The van der Waals surface area contributed by atoms with Crippen LogP contribution in [0, 0.1) is 11.6 Å². The van der Waals surface area contributed by atoms with Crippen LogP contribution in [0.3, 0.4) is 0 Å². The van der Waals surface area contributed by atoms with E-state index in [2.05, 4.69) is 5.32 Å². The molecule has 0 radical (unpaired) electrons. The Morgan fingerprint density at radius 3 is 2.59 bits per heavy atom. The van der Waals surface area contributed by atoms with Crippen molar-refractivity contribution in [2.24, 2.45) is 0 Å². The summed E-state index contributed by atoms with van der Waals surface area (Å²) < 4.78 is 61.9. The van der Waals surface area contributed by atoms with Gasteiger partial charge in [-0.25, -0.2) is 22.0 Å². The molecule has 0 aliphatic carbocycles. The number of hydrogen-bond donors (Lipinski definition) is 1. The van der Waals surface area contributed by atoms with E-state index in [1.54, 1.807) is 17.0 Å². The first kappa shape index (κ1) is 24.6. The highest BCUT2D eigenvalue weighted by atomic mass is 32.2. The highest BCUT2D eigenvalue weighted by Gasteiger charge is 2.41. The third-order valence-corrected chi connectivity index (χ3v) is 8.42. The Hall–Kier alpha value is -2.56. The van der Waals surface area contributed by atoms with Crippen molar-refractivity contribution in [1.29, 1.82) is 0 Å². The number of benzene rings is 2. The maximum Gasteiger partial charge on any atom is 0.410 e. The molecule has 4 rings (SSSR count). The van der Waals surface area contributed by atoms with E-state index in [1.807, 2.05) is 6.92 Å². The van der Waals surface area contributed by atoms with Gasteiger partial charge < -0.3 is 15.0 Å². The number of rotatable bonds is 5. The minimum absolute atomic E-state index is 0.0355. The highest BCUT2D eigenvalue weighted by Crippen LogP contribution is 2.39. The first-order chi connectivity index (χ1) is 16.3. The number of sulfonamides is 1. The Labute approximate surface area is 198 Å². The minimum atomic E-state index is -4.09. The number of carbonyl (C=O) groups is 1. The van der Waals surface area contributed by atoms with Gasteiger partial charge >= 0.3 is 6.09 Å². The first-order valence-electron chi connectivity index (χ1n) is 11.5. The van der Waals surface area contributed by atoms with Crippen molar-refractivity contribution < 1.29 is 26.7 Å². The van der Waals surface area contributed by atoms with Gasteiger partial charge in [-0.2, -0.15) is 4.31 Å². The molecule has 2 aliphatic rings. The van der Waals surface area contributed by atoms with Gasteiger partial charge in [0, 0.05) is 25.7 Å². The number of halogens is 2. The van der Waals surface area contributed by atoms with Gasteiger partial charge in [0.2, 0.25) is 10.0 Å². The molecular formula is C24H29F2N3O4S. The summed E-state index contributed by atoms with van der Waals surface area (Å²) in [5.74, 6) is -1.01. The summed E-state index contributed by atoms with van der Waals surface area (Å²) in [5, 5.41) is 3.21. The van der Waals surface area contributed by atoms with Gasteiger partial charge in [0.05, 0.1) is 17.0 Å². The smallest absolute Gasteiger partial charge is 0.410 e. The molecule has 10 heteroatoms. The van der Waals surface area contributed by atoms with E-state index in [0.29, 0.717) is 44.5 Å². The van der Waals surface area contributed by atoms with E-state index in [9.17, 15) is 22.0 Å². The Kier molecular flexibility index (Phi) is 7.49. The molecule has 34 heavy (non-hydrogen) atoms. The van der Waals surface area contributed by atoms with E-state index in [4.69, 9.17) is 4.74 Å². The van der Waals surface area contributed by atoms with Crippen LogP contribution >= 0.6 is 0 Å². The molecule has 2 aliphatic heterocycles. The zero-order valence-electron chi connectivity index (χ0n) is 19.0. The van der Waals surface area contributed by atoms with Gasteiger partial charge in [0.1, 0.15) is 18.2 Å². The van der Waals surface area contributed by atoms with Crippen LogP contribution in [0.5, 0.6) is 0 Å².